The predicted octanol–water partition coefficient (Wildman–Crippen LogP) is 2.54. The highest BCUT2D eigenvalue weighted by Crippen LogP contribution is 2.36. The summed E-state index contributed by atoms with van der Waals surface area (Å²) in [6, 6.07) is 0.840. The number of nitrogens with zero attached hydrogens (tertiary/aromatic N) is 1. The third-order valence-electron chi connectivity index (χ3n) is 4.98. The van der Waals surface area contributed by atoms with Gasteiger partial charge in [-0.25, -0.2) is 18.0 Å². The van der Waals surface area contributed by atoms with Crippen LogP contribution >= 0.6 is 0 Å². The lowest BCUT2D eigenvalue weighted by molar-refractivity contribution is -0.135. The van der Waals surface area contributed by atoms with Crippen LogP contribution in [0, 0.1) is 23.4 Å². The van der Waals surface area contributed by atoms with E-state index in [1.807, 2.05) is 0 Å². The molecule has 0 atom stereocenters. The van der Waals surface area contributed by atoms with Crippen LogP contribution in [0.2, 0.25) is 0 Å². The molecule has 0 unspecified atom stereocenters. The highest BCUT2D eigenvalue weighted by Gasteiger charge is 2.52. The number of amides is 4. The van der Waals surface area contributed by atoms with Gasteiger partial charge in [0.05, 0.1) is 5.69 Å². The number of carbonyl (C=O) groups is 3. The van der Waals surface area contributed by atoms with Crippen LogP contribution in [0.15, 0.2) is 12.1 Å². The SMILES string of the molecule is CC1CCC2(CC1)NC(=O)N(CC(=O)Nc1ccc(F)c(F)c1F)C2=O. The van der Waals surface area contributed by atoms with Crippen LogP contribution in [-0.2, 0) is 9.59 Å². The molecular formula is C17H18F3N3O3. The zero-order chi connectivity index (χ0) is 19.1. The first-order valence-corrected chi connectivity index (χ1v) is 8.31. The molecule has 1 spiro atoms. The second-order valence-corrected chi connectivity index (χ2v) is 6.86. The Morgan fingerprint density at radius 1 is 1.23 bits per heavy atom. The fourth-order valence-corrected chi connectivity index (χ4v) is 3.37. The van der Waals surface area contributed by atoms with Crippen LogP contribution in [0.4, 0.5) is 23.7 Å². The molecule has 0 bridgehead atoms. The third-order valence-corrected chi connectivity index (χ3v) is 4.98. The van der Waals surface area contributed by atoms with Crippen molar-refractivity contribution in [3.05, 3.63) is 29.6 Å². The summed E-state index contributed by atoms with van der Waals surface area (Å²) >= 11 is 0. The van der Waals surface area contributed by atoms with E-state index in [-0.39, 0.29) is 0 Å². The van der Waals surface area contributed by atoms with Crippen LogP contribution in [-0.4, -0.2) is 34.8 Å². The topological polar surface area (TPSA) is 78.5 Å². The average molecular weight is 369 g/mol. The molecule has 1 aliphatic heterocycles. The second kappa shape index (κ2) is 6.62. The Hall–Kier alpha value is -2.58. The Kier molecular flexibility index (Phi) is 4.64. The van der Waals surface area contributed by atoms with Crippen LogP contribution in [0.3, 0.4) is 0 Å². The van der Waals surface area contributed by atoms with E-state index in [4.69, 9.17) is 0 Å². The minimum atomic E-state index is -1.71. The van der Waals surface area contributed by atoms with E-state index in [0.29, 0.717) is 24.8 Å². The number of carbonyl (C=O) groups excluding carboxylic acids is 3. The van der Waals surface area contributed by atoms with Crippen molar-refractivity contribution in [1.29, 1.82) is 0 Å². The number of urea groups is 1. The largest absolute Gasteiger partial charge is 0.325 e. The van der Waals surface area contributed by atoms with Crippen molar-refractivity contribution in [1.82, 2.24) is 10.2 Å². The van der Waals surface area contributed by atoms with E-state index in [1.165, 1.54) is 0 Å². The number of benzene rings is 1. The molecule has 2 aliphatic rings. The van der Waals surface area contributed by atoms with Crippen LogP contribution in [0.5, 0.6) is 0 Å². The van der Waals surface area contributed by atoms with Gasteiger partial charge in [-0.05, 0) is 43.7 Å². The first kappa shape index (κ1) is 18.2. The highest BCUT2D eigenvalue weighted by atomic mass is 19.2. The summed E-state index contributed by atoms with van der Waals surface area (Å²) in [7, 11) is 0. The monoisotopic (exact) mass is 369 g/mol. The predicted molar refractivity (Wildman–Crippen MR) is 85.6 cm³/mol. The van der Waals surface area contributed by atoms with Crippen LogP contribution in [0.1, 0.15) is 32.6 Å². The van der Waals surface area contributed by atoms with E-state index in [2.05, 4.69) is 17.6 Å². The number of rotatable bonds is 3. The van der Waals surface area contributed by atoms with Crippen molar-refractivity contribution >= 4 is 23.5 Å². The van der Waals surface area contributed by atoms with Gasteiger partial charge >= 0.3 is 6.03 Å². The highest BCUT2D eigenvalue weighted by molar-refractivity contribution is 6.10. The first-order chi connectivity index (χ1) is 12.2. The molecule has 1 aromatic carbocycles. The molecule has 3 rings (SSSR count). The van der Waals surface area contributed by atoms with Gasteiger partial charge in [0.1, 0.15) is 12.1 Å². The van der Waals surface area contributed by atoms with Gasteiger partial charge < -0.3 is 10.6 Å². The lowest BCUT2D eigenvalue weighted by atomic mass is 9.77. The van der Waals surface area contributed by atoms with E-state index >= 15 is 0 Å². The molecule has 140 valence electrons. The molecular weight excluding hydrogens is 351 g/mol. The average Bonchev–Trinajstić information content (AvgIpc) is 2.82. The molecule has 6 nitrogen and oxygen atoms in total. The number of halogens is 3. The Bertz CT molecular complexity index is 776. The number of hydrogen-bond donors (Lipinski definition) is 2. The Morgan fingerprint density at radius 3 is 2.54 bits per heavy atom. The van der Waals surface area contributed by atoms with E-state index < -0.39 is 53.1 Å². The number of hydrogen-bond acceptors (Lipinski definition) is 3. The zero-order valence-corrected chi connectivity index (χ0v) is 14.1. The maximum absolute atomic E-state index is 13.6. The quantitative estimate of drug-likeness (QED) is 0.635. The molecule has 0 aromatic heterocycles. The summed E-state index contributed by atoms with van der Waals surface area (Å²) in [4.78, 5) is 37.6. The zero-order valence-electron chi connectivity index (χ0n) is 14.1. The third kappa shape index (κ3) is 3.13. The number of nitrogens with one attached hydrogen (secondary N) is 2. The van der Waals surface area contributed by atoms with E-state index in [0.717, 1.165) is 23.8 Å². The van der Waals surface area contributed by atoms with Gasteiger partial charge in [-0.2, -0.15) is 0 Å². The van der Waals surface area contributed by atoms with Crippen molar-refractivity contribution in [2.75, 3.05) is 11.9 Å². The van der Waals surface area contributed by atoms with Crippen molar-refractivity contribution in [2.45, 2.75) is 38.1 Å². The lowest BCUT2D eigenvalue weighted by Gasteiger charge is -2.33. The molecule has 26 heavy (non-hydrogen) atoms. The summed E-state index contributed by atoms with van der Waals surface area (Å²) in [6.45, 7) is 1.43. The van der Waals surface area contributed by atoms with Gasteiger partial charge in [-0.3, -0.25) is 14.5 Å². The summed E-state index contributed by atoms with van der Waals surface area (Å²) in [5, 5.41) is 4.71. The Morgan fingerprint density at radius 2 is 1.88 bits per heavy atom. The molecule has 1 aliphatic carbocycles. The number of imide groups is 1. The molecule has 9 heteroatoms. The second-order valence-electron chi connectivity index (χ2n) is 6.86. The van der Waals surface area contributed by atoms with Gasteiger partial charge in [-0.15, -0.1) is 0 Å². The fourth-order valence-electron chi connectivity index (χ4n) is 3.37. The Labute approximate surface area is 147 Å². The molecule has 0 radical (unpaired) electrons. The lowest BCUT2D eigenvalue weighted by Crippen LogP contribution is -2.49. The molecule has 4 amide bonds. The summed E-state index contributed by atoms with van der Waals surface area (Å²) < 4.78 is 39.8. The van der Waals surface area contributed by atoms with Crippen molar-refractivity contribution in [3.63, 3.8) is 0 Å². The minimum Gasteiger partial charge on any atom is -0.323 e. The van der Waals surface area contributed by atoms with E-state index in [9.17, 15) is 27.6 Å². The summed E-state index contributed by atoms with van der Waals surface area (Å²) in [6.07, 6.45) is 2.56. The van der Waals surface area contributed by atoms with Crippen molar-refractivity contribution in [2.24, 2.45) is 5.92 Å². The van der Waals surface area contributed by atoms with Crippen LogP contribution < -0.4 is 10.6 Å². The maximum atomic E-state index is 13.6. The first-order valence-electron chi connectivity index (χ1n) is 8.31. The molecule has 2 fully saturated rings. The van der Waals surface area contributed by atoms with Gasteiger partial charge in [0.25, 0.3) is 5.91 Å². The van der Waals surface area contributed by atoms with Crippen molar-refractivity contribution in [3.8, 4) is 0 Å². The molecule has 1 aromatic rings. The van der Waals surface area contributed by atoms with E-state index in [1.54, 1.807) is 0 Å². The normalized spacial score (nSPS) is 25.5. The molecule has 1 saturated carbocycles. The van der Waals surface area contributed by atoms with Crippen molar-refractivity contribution < 1.29 is 27.6 Å². The smallest absolute Gasteiger partial charge is 0.323 e. The minimum absolute atomic E-state index is 0.457. The van der Waals surface area contributed by atoms with Crippen LogP contribution in [0.25, 0.3) is 0 Å². The molecule has 2 N–H and O–H groups in total. The summed E-state index contributed by atoms with van der Waals surface area (Å²) in [5.41, 5.74) is -1.56. The Balaban J connectivity index is 1.69. The molecule has 1 saturated heterocycles. The van der Waals surface area contributed by atoms with Gasteiger partial charge in [0, 0.05) is 0 Å². The fraction of sp³-hybridized carbons (Fsp3) is 0.471. The molecule has 1 heterocycles. The maximum Gasteiger partial charge on any atom is 0.325 e. The van der Waals surface area contributed by atoms with Gasteiger partial charge in [-0.1, -0.05) is 6.92 Å². The standard InChI is InChI=1S/C17H18F3N3O3/c1-9-4-6-17(7-5-9)15(25)23(16(26)22-17)8-12(24)21-11-3-2-10(18)13(19)14(11)20/h2-3,9H,4-8H2,1H3,(H,21,24)(H,22,26). The van der Waals surface area contributed by atoms with Gasteiger partial charge in [0.2, 0.25) is 5.91 Å². The summed E-state index contributed by atoms with van der Waals surface area (Å²) in [5.74, 6) is -5.57. The number of anilines is 1. The van der Waals surface area contributed by atoms with Gasteiger partial charge in [0.15, 0.2) is 17.5 Å².